The first kappa shape index (κ1) is 17.6. The Bertz CT molecular complexity index is 351. The topological polar surface area (TPSA) is 50.4 Å². The van der Waals surface area contributed by atoms with Crippen LogP contribution in [-0.2, 0) is 4.74 Å². The molecule has 0 aromatic heterocycles. The second kappa shape index (κ2) is 7.67. The van der Waals surface area contributed by atoms with Crippen LogP contribution >= 0.6 is 0 Å². The summed E-state index contributed by atoms with van der Waals surface area (Å²) in [5.74, 6) is 0.827. The molecule has 0 atom stereocenters. The van der Waals surface area contributed by atoms with E-state index in [-0.39, 0.29) is 11.6 Å². The lowest BCUT2D eigenvalue weighted by molar-refractivity contribution is 0.0508. The van der Waals surface area contributed by atoms with Crippen LogP contribution in [0.1, 0.15) is 78.6 Å². The molecular weight excluding hydrogens is 276 g/mol. The highest BCUT2D eigenvalue weighted by molar-refractivity contribution is 5.67. The third-order valence-electron chi connectivity index (χ3n) is 5.02. The molecular formula is C18H34N2O2. The van der Waals surface area contributed by atoms with Crippen molar-refractivity contribution in [2.75, 3.05) is 13.1 Å². The molecule has 0 heterocycles. The molecule has 2 aliphatic carbocycles. The molecule has 2 aliphatic rings. The van der Waals surface area contributed by atoms with Gasteiger partial charge in [0.1, 0.15) is 5.60 Å². The molecule has 0 radical (unpaired) electrons. The van der Waals surface area contributed by atoms with Crippen molar-refractivity contribution in [1.29, 1.82) is 0 Å². The second-order valence-electron chi connectivity index (χ2n) is 8.23. The number of alkyl carbamates (subject to hydrolysis) is 1. The minimum atomic E-state index is -0.428. The third-order valence-corrected chi connectivity index (χ3v) is 5.02. The van der Waals surface area contributed by atoms with Crippen molar-refractivity contribution in [3.8, 4) is 0 Å². The SMILES string of the molecule is CC(C)(C)OC(=O)NCC1(NCC2CCCCC2)CCCC1. The zero-order valence-corrected chi connectivity index (χ0v) is 14.7. The summed E-state index contributed by atoms with van der Waals surface area (Å²) in [6, 6.07) is 0. The third kappa shape index (κ3) is 5.79. The Morgan fingerprint density at radius 3 is 2.32 bits per heavy atom. The first-order valence-corrected chi connectivity index (χ1v) is 9.10. The molecule has 0 aromatic carbocycles. The van der Waals surface area contributed by atoms with Crippen LogP contribution in [0.4, 0.5) is 4.79 Å². The fourth-order valence-corrected chi connectivity index (χ4v) is 3.78. The molecule has 2 fully saturated rings. The Labute approximate surface area is 135 Å². The van der Waals surface area contributed by atoms with Gasteiger partial charge >= 0.3 is 6.09 Å². The van der Waals surface area contributed by atoms with Crippen LogP contribution in [0.15, 0.2) is 0 Å². The highest BCUT2D eigenvalue weighted by atomic mass is 16.6. The maximum atomic E-state index is 11.9. The van der Waals surface area contributed by atoms with E-state index in [2.05, 4.69) is 10.6 Å². The standard InChI is InChI=1S/C18H34N2O2/c1-17(2,3)22-16(21)19-14-18(11-7-8-12-18)20-13-15-9-5-4-6-10-15/h15,20H,4-14H2,1-3H3,(H,19,21). The maximum absolute atomic E-state index is 11.9. The zero-order chi connectivity index (χ0) is 16.1. The summed E-state index contributed by atoms with van der Waals surface area (Å²) in [6.07, 6.45) is 11.4. The molecule has 0 aromatic rings. The maximum Gasteiger partial charge on any atom is 0.407 e. The Morgan fingerprint density at radius 1 is 1.09 bits per heavy atom. The van der Waals surface area contributed by atoms with Gasteiger partial charge in [0.15, 0.2) is 0 Å². The van der Waals surface area contributed by atoms with Gasteiger partial charge in [-0.1, -0.05) is 32.1 Å². The summed E-state index contributed by atoms with van der Waals surface area (Å²) < 4.78 is 5.36. The summed E-state index contributed by atoms with van der Waals surface area (Å²) >= 11 is 0. The summed E-state index contributed by atoms with van der Waals surface area (Å²) in [6.45, 7) is 7.50. The molecule has 1 amide bonds. The first-order valence-electron chi connectivity index (χ1n) is 9.10. The van der Waals surface area contributed by atoms with Crippen LogP contribution in [-0.4, -0.2) is 30.3 Å². The molecule has 2 N–H and O–H groups in total. The number of carbonyl (C=O) groups excluding carboxylic acids is 1. The van der Waals surface area contributed by atoms with Crippen molar-refractivity contribution >= 4 is 6.09 Å². The molecule has 128 valence electrons. The molecule has 22 heavy (non-hydrogen) atoms. The monoisotopic (exact) mass is 310 g/mol. The molecule has 0 unspecified atom stereocenters. The largest absolute Gasteiger partial charge is 0.444 e. The molecule has 0 spiro atoms. The van der Waals surface area contributed by atoms with Crippen molar-refractivity contribution in [3.05, 3.63) is 0 Å². The molecule has 2 saturated carbocycles. The number of rotatable bonds is 5. The number of ether oxygens (including phenoxy) is 1. The van der Waals surface area contributed by atoms with E-state index in [1.807, 2.05) is 20.8 Å². The first-order chi connectivity index (χ1) is 10.4. The van der Waals surface area contributed by atoms with E-state index in [0.717, 1.165) is 25.3 Å². The molecule has 2 rings (SSSR count). The highest BCUT2D eigenvalue weighted by Gasteiger charge is 2.34. The van der Waals surface area contributed by atoms with Crippen LogP contribution in [0.5, 0.6) is 0 Å². The fraction of sp³-hybridized carbons (Fsp3) is 0.944. The Balaban J connectivity index is 1.79. The van der Waals surface area contributed by atoms with E-state index in [1.54, 1.807) is 0 Å². The fourth-order valence-electron chi connectivity index (χ4n) is 3.78. The van der Waals surface area contributed by atoms with Crippen LogP contribution in [0.3, 0.4) is 0 Å². The predicted octanol–water partition coefficient (Wildman–Crippen LogP) is 3.99. The van der Waals surface area contributed by atoms with Crippen LogP contribution in [0.25, 0.3) is 0 Å². The van der Waals surface area contributed by atoms with Gasteiger partial charge in [0.25, 0.3) is 0 Å². The lowest BCUT2D eigenvalue weighted by Crippen LogP contribution is -2.53. The number of amides is 1. The molecule has 4 heteroatoms. The van der Waals surface area contributed by atoms with Crippen molar-refractivity contribution in [1.82, 2.24) is 10.6 Å². The van der Waals surface area contributed by atoms with E-state index in [9.17, 15) is 4.79 Å². The average molecular weight is 310 g/mol. The van der Waals surface area contributed by atoms with Gasteiger partial charge in [0, 0.05) is 12.1 Å². The van der Waals surface area contributed by atoms with E-state index < -0.39 is 5.60 Å². The van der Waals surface area contributed by atoms with Crippen molar-refractivity contribution in [3.63, 3.8) is 0 Å². The van der Waals surface area contributed by atoms with E-state index >= 15 is 0 Å². The lowest BCUT2D eigenvalue weighted by atomic mass is 9.88. The van der Waals surface area contributed by atoms with Gasteiger partial charge in [0.05, 0.1) is 0 Å². The highest BCUT2D eigenvalue weighted by Crippen LogP contribution is 2.31. The molecule has 0 bridgehead atoms. The Morgan fingerprint density at radius 2 is 1.73 bits per heavy atom. The van der Waals surface area contributed by atoms with Crippen molar-refractivity contribution < 1.29 is 9.53 Å². The van der Waals surface area contributed by atoms with E-state index in [4.69, 9.17) is 4.74 Å². The van der Waals surface area contributed by atoms with Crippen molar-refractivity contribution in [2.45, 2.75) is 89.7 Å². The van der Waals surface area contributed by atoms with Gasteiger partial charge in [-0.25, -0.2) is 4.79 Å². The minimum absolute atomic E-state index is 0.0916. The summed E-state index contributed by atoms with van der Waals surface area (Å²) in [4.78, 5) is 11.9. The van der Waals surface area contributed by atoms with Gasteiger partial charge in [-0.05, 0) is 58.9 Å². The van der Waals surface area contributed by atoms with E-state index in [0.29, 0.717) is 6.54 Å². The Hall–Kier alpha value is -0.770. The second-order valence-corrected chi connectivity index (χ2v) is 8.23. The van der Waals surface area contributed by atoms with Crippen molar-refractivity contribution in [2.24, 2.45) is 5.92 Å². The van der Waals surface area contributed by atoms with Gasteiger partial charge in [0.2, 0.25) is 0 Å². The number of carbonyl (C=O) groups is 1. The summed E-state index contributed by atoms with van der Waals surface area (Å²) in [5, 5.41) is 6.80. The average Bonchev–Trinajstić information content (AvgIpc) is 2.92. The van der Waals surface area contributed by atoms with Gasteiger partial charge < -0.3 is 15.4 Å². The zero-order valence-electron chi connectivity index (χ0n) is 14.7. The minimum Gasteiger partial charge on any atom is -0.444 e. The number of hydrogen-bond donors (Lipinski definition) is 2. The quantitative estimate of drug-likeness (QED) is 0.807. The van der Waals surface area contributed by atoms with Crippen LogP contribution in [0, 0.1) is 5.92 Å². The molecule has 0 aliphatic heterocycles. The lowest BCUT2D eigenvalue weighted by Gasteiger charge is -2.34. The van der Waals surface area contributed by atoms with Gasteiger partial charge in [-0.3, -0.25) is 0 Å². The predicted molar refractivity (Wildman–Crippen MR) is 90.0 cm³/mol. The van der Waals surface area contributed by atoms with Gasteiger partial charge in [-0.15, -0.1) is 0 Å². The normalized spacial score (nSPS) is 22.5. The number of nitrogens with one attached hydrogen (secondary N) is 2. The van der Waals surface area contributed by atoms with E-state index in [1.165, 1.54) is 44.9 Å². The summed E-state index contributed by atoms with van der Waals surface area (Å²) in [5.41, 5.74) is -0.337. The smallest absolute Gasteiger partial charge is 0.407 e. The Kier molecular flexibility index (Phi) is 6.13. The van der Waals surface area contributed by atoms with Crippen LogP contribution in [0.2, 0.25) is 0 Å². The number of hydrogen-bond acceptors (Lipinski definition) is 3. The van der Waals surface area contributed by atoms with Crippen LogP contribution < -0.4 is 10.6 Å². The summed E-state index contributed by atoms with van der Waals surface area (Å²) in [7, 11) is 0. The molecule has 4 nitrogen and oxygen atoms in total. The molecule has 0 saturated heterocycles. The van der Waals surface area contributed by atoms with Gasteiger partial charge in [-0.2, -0.15) is 0 Å².